The number of ether oxygens (including phenoxy) is 2. The minimum absolute atomic E-state index is 0.482. The molecule has 2 aromatic carbocycles. The molecule has 0 atom stereocenters. The molecule has 146 valence electrons. The van der Waals surface area contributed by atoms with Crippen LogP contribution < -0.4 is 9.47 Å². The van der Waals surface area contributed by atoms with Crippen LogP contribution in [0.2, 0.25) is 0 Å². The monoisotopic (exact) mass is 376 g/mol. The fraction of sp³-hybridized carbons (Fsp3) is 0.292. The summed E-state index contributed by atoms with van der Waals surface area (Å²) in [4.78, 5) is 6.58. The SMILES string of the molecule is COc1c(C)cc(CN(C)Cc2ccc(OCc3ccccn3)cc2)cc1C. The first-order chi connectivity index (χ1) is 13.5. The second-order valence-electron chi connectivity index (χ2n) is 7.19. The highest BCUT2D eigenvalue weighted by molar-refractivity contribution is 5.43. The highest BCUT2D eigenvalue weighted by Gasteiger charge is 2.08. The Kier molecular flexibility index (Phi) is 6.66. The molecule has 1 heterocycles. The first-order valence-corrected chi connectivity index (χ1v) is 9.49. The van der Waals surface area contributed by atoms with Gasteiger partial charge in [0.1, 0.15) is 18.1 Å². The Labute approximate surface area is 167 Å². The molecule has 0 amide bonds. The molecule has 0 aliphatic rings. The number of pyridine rings is 1. The summed E-state index contributed by atoms with van der Waals surface area (Å²) in [5.41, 5.74) is 5.85. The Balaban J connectivity index is 1.55. The van der Waals surface area contributed by atoms with Gasteiger partial charge >= 0.3 is 0 Å². The summed E-state index contributed by atoms with van der Waals surface area (Å²) in [6, 6.07) is 18.5. The van der Waals surface area contributed by atoms with E-state index in [1.165, 1.54) is 22.3 Å². The van der Waals surface area contributed by atoms with E-state index >= 15 is 0 Å². The zero-order valence-corrected chi connectivity index (χ0v) is 17.1. The van der Waals surface area contributed by atoms with E-state index in [-0.39, 0.29) is 0 Å². The predicted molar refractivity (Wildman–Crippen MR) is 113 cm³/mol. The van der Waals surface area contributed by atoms with Gasteiger partial charge < -0.3 is 9.47 Å². The van der Waals surface area contributed by atoms with Crippen molar-refractivity contribution in [1.82, 2.24) is 9.88 Å². The maximum atomic E-state index is 5.81. The van der Waals surface area contributed by atoms with Crippen LogP contribution >= 0.6 is 0 Å². The van der Waals surface area contributed by atoms with Crippen LogP contribution in [-0.4, -0.2) is 24.0 Å². The van der Waals surface area contributed by atoms with Gasteiger partial charge in [0, 0.05) is 19.3 Å². The Morgan fingerprint density at radius 1 is 0.893 bits per heavy atom. The molecule has 0 fully saturated rings. The van der Waals surface area contributed by atoms with Gasteiger partial charge in [0.15, 0.2) is 0 Å². The van der Waals surface area contributed by atoms with Crippen molar-refractivity contribution in [2.75, 3.05) is 14.2 Å². The molecule has 4 nitrogen and oxygen atoms in total. The summed E-state index contributed by atoms with van der Waals surface area (Å²) in [6.45, 7) is 6.45. The van der Waals surface area contributed by atoms with Crippen LogP contribution in [0, 0.1) is 13.8 Å². The Morgan fingerprint density at radius 3 is 2.18 bits per heavy atom. The lowest BCUT2D eigenvalue weighted by Crippen LogP contribution is -2.17. The van der Waals surface area contributed by atoms with Gasteiger partial charge in [-0.2, -0.15) is 0 Å². The highest BCUT2D eigenvalue weighted by Crippen LogP contribution is 2.25. The summed E-state index contributed by atoms with van der Waals surface area (Å²) in [5, 5.41) is 0. The van der Waals surface area contributed by atoms with Gasteiger partial charge in [0.25, 0.3) is 0 Å². The van der Waals surface area contributed by atoms with E-state index in [0.717, 1.165) is 30.3 Å². The number of aryl methyl sites for hydroxylation is 2. The van der Waals surface area contributed by atoms with E-state index < -0.39 is 0 Å². The first kappa shape index (κ1) is 19.9. The summed E-state index contributed by atoms with van der Waals surface area (Å²) >= 11 is 0. The molecule has 0 radical (unpaired) electrons. The van der Waals surface area contributed by atoms with Gasteiger partial charge in [-0.3, -0.25) is 9.88 Å². The summed E-state index contributed by atoms with van der Waals surface area (Å²) in [6.07, 6.45) is 1.78. The third kappa shape index (κ3) is 5.33. The lowest BCUT2D eigenvalue weighted by atomic mass is 10.1. The Hall–Kier alpha value is -2.85. The maximum Gasteiger partial charge on any atom is 0.130 e. The van der Waals surface area contributed by atoms with Crippen LogP contribution in [0.15, 0.2) is 60.8 Å². The number of benzene rings is 2. The third-order valence-electron chi connectivity index (χ3n) is 4.67. The van der Waals surface area contributed by atoms with Crippen molar-refractivity contribution in [3.05, 3.63) is 88.7 Å². The van der Waals surface area contributed by atoms with Gasteiger partial charge in [-0.15, -0.1) is 0 Å². The van der Waals surface area contributed by atoms with E-state index in [4.69, 9.17) is 9.47 Å². The second kappa shape index (κ2) is 9.38. The van der Waals surface area contributed by atoms with Crippen LogP contribution in [0.3, 0.4) is 0 Å². The van der Waals surface area contributed by atoms with E-state index in [1.54, 1.807) is 13.3 Å². The minimum atomic E-state index is 0.482. The maximum absolute atomic E-state index is 5.81. The molecule has 3 aromatic rings. The van der Waals surface area contributed by atoms with Gasteiger partial charge in [0.2, 0.25) is 0 Å². The summed E-state index contributed by atoms with van der Waals surface area (Å²) < 4.78 is 11.3. The van der Waals surface area contributed by atoms with Crippen molar-refractivity contribution in [3.63, 3.8) is 0 Å². The van der Waals surface area contributed by atoms with Crippen LogP contribution in [-0.2, 0) is 19.7 Å². The van der Waals surface area contributed by atoms with Gasteiger partial charge in [-0.25, -0.2) is 0 Å². The van der Waals surface area contributed by atoms with Gasteiger partial charge in [-0.1, -0.05) is 30.3 Å². The molecular weight excluding hydrogens is 348 g/mol. The Bertz CT molecular complexity index is 869. The van der Waals surface area contributed by atoms with Crippen molar-refractivity contribution in [2.45, 2.75) is 33.5 Å². The number of rotatable bonds is 8. The standard InChI is InChI=1S/C24H28N2O2/c1-18-13-21(14-19(2)24(18)27-4)16-26(3)15-20-8-10-23(11-9-20)28-17-22-7-5-6-12-25-22/h5-14H,15-17H2,1-4H3. The van der Waals surface area contributed by atoms with Crippen molar-refractivity contribution >= 4 is 0 Å². The lowest BCUT2D eigenvalue weighted by molar-refractivity contribution is 0.300. The lowest BCUT2D eigenvalue weighted by Gasteiger charge is -2.19. The first-order valence-electron chi connectivity index (χ1n) is 9.49. The van der Waals surface area contributed by atoms with Crippen LogP contribution in [0.5, 0.6) is 11.5 Å². The number of nitrogens with zero attached hydrogens (tertiary/aromatic N) is 2. The molecule has 0 unspecified atom stereocenters. The van der Waals surface area contributed by atoms with E-state index in [0.29, 0.717) is 6.61 Å². The molecule has 0 aliphatic heterocycles. The summed E-state index contributed by atoms with van der Waals surface area (Å²) in [5.74, 6) is 1.84. The molecule has 0 N–H and O–H groups in total. The van der Waals surface area contributed by atoms with Crippen molar-refractivity contribution in [2.24, 2.45) is 0 Å². The molecule has 0 saturated carbocycles. The molecule has 0 aliphatic carbocycles. The second-order valence-corrected chi connectivity index (χ2v) is 7.19. The average Bonchev–Trinajstić information content (AvgIpc) is 2.68. The molecule has 0 saturated heterocycles. The molecule has 4 heteroatoms. The van der Waals surface area contributed by atoms with Gasteiger partial charge in [0.05, 0.1) is 12.8 Å². The van der Waals surface area contributed by atoms with Crippen molar-refractivity contribution in [1.29, 1.82) is 0 Å². The Morgan fingerprint density at radius 2 is 1.57 bits per heavy atom. The largest absolute Gasteiger partial charge is 0.496 e. The topological polar surface area (TPSA) is 34.6 Å². The molecule has 1 aromatic heterocycles. The average molecular weight is 377 g/mol. The van der Waals surface area contributed by atoms with Crippen molar-refractivity contribution < 1.29 is 9.47 Å². The van der Waals surface area contributed by atoms with Crippen molar-refractivity contribution in [3.8, 4) is 11.5 Å². The fourth-order valence-corrected chi connectivity index (χ4v) is 3.46. The highest BCUT2D eigenvalue weighted by atomic mass is 16.5. The predicted octanol–water partition coefficient (Wildman–Crippen LogP) is 4.92. The third-order valence-corrected chi connectivity index (χ3v) is 4.67. The fourth-order valence-electron chi connectivity index (χ4n) is 3.46. The molecular formula is C24H28N2O2. The van der Waals surface area contributed by atoms with Crippen LogP contribution in [0.4, 0.5) is 0 Å². The molecule has 0 spiro atoms. The number of aromatic nitrogens is 1. The number of methoxy groups -OCH3 is 1. The number of hydrogen-bond acceptors (Lipinski definition) is 4. The van der Waals surface area contributed by atoms with Gasteiger partial charge in [-0.05, 0) is 67.4 Å². The van der Waals surface area contributed by atoms with E-state index in [2.05, 4.69) is 55.0 Å². The minimum Gasteiger partial charge on any atom is -0.496 e. The smallest absolute Gasteiger partial charge is 0.130 e. The quantitative estimate of drug-likeness (QED) is 0.559. The molecule has 28 heavy (non-hydrogen) atoms. The zero-order chi connectivity index (χ0) is 19.9. The summed E-state index contributed by atoms with van der Waals surface area (Å²) in [7, 11) is 3.87. The van der Waals surface area contributed by atoms with Crippen LogP contribution in [0.25, 0.3) is 0 Å². The number of hydrogen-bond donors (Lipinski definition) is 0. The zero-order valence-electron chi connectivity index (χ0n) is 17.1. The van der Waals surface area contributed by atoms with E-state index in [9.17, 15) is 0 Å². The normalized spacial score (nSPS) is 10.9. The van der Waals surface area contributed by atoms with E-state index in [1.807, 2.05) is 30.3 Å². The van der Waals surface area contributed by atoms with Crippen LogP contribution in [0.1, 0.15) is 27.9 Å². The molecule has 0 bridgehead atoms. The molecule has 3 rings (SSSR count).